The third-order valence-corrected chi connectivity index (χ3v) is 7.47. The monoisotopic (exact) mass is 557 g/mol. The minimum absolute atomic E-state index is 0.0676. The van der Waals surface area contributed by atoms with Crippen LogP contribution in [0.15, 0.2) is 72.8 Å². The highest BCUT2D eigenvalue weighted by Crippen LogP contribution is 2.26. The van der Waals surface area contributed by atoms with Crippen LogP contribution in [0.1, 0.15) is 16.7 Å². The lowest BCUT2D eigenvalue weighted by atomic mass is 10.0. The van der Waals surface area contributed by atoms with Crippen LogP contribution in [0.3, 0.4) is 0 Å². The van der Waals surface area contributed by atoms with Gasteiger partial charge < -0.3 is 15.0 Å². The molecule has 0 radical (unpaired) electrons. The molecule has 0 saturated heterocycles. The predicted molar refractivity (Wildman–Crippen MR) is 150 cm³/mol. The van der Waals surface area contributed by atoms with Crippen molar-refractivity contribution in [1.82, 2.24) is 10.2 Å². The van der Waals surface area contributed by atoms with Gasteiger partial charge in [-0.3, -0.25) is 13.9 Å². The lowest BCUT2D eigenvalue weighted by Crippen LogP contribution is -2.53. The Kier molecular flexibility index (Phi) is 9.77. The summed E-state index contributed by atoms with van der Waals surface area (Å²) in [6.45, 7) is 1.30. The van der Waals surface area contributed by atoms with Crippen LogP contribution in [0, 0.1) is 6.92 Å². The Morgan fingerprint density at radius 1 is 1.00 bits per heavy atom. The molecule has 0 heterocycles. The number of ether oxygens (including phenoxy) is 1. The summed E-state index contributed by atoms with van der Waals surface area (Å²) in [7, 11) is -0.800. The quantitative estimate of drug-likeness (QED) is 0.387. The molecule has 3 aromatic carbocycles. The molecule has 1 atom stereocenters. The van der Waals surface area contributed by atoms with Crippen molar-refractivity contribution in [3.63, 3.8) is 0 Å². The van der Waals surface area contributed by atoms with E-state index in [0.29, 0.717) is 22.0 Å². The van der Waals surface area contributed by atoms with Crippen LogP contribution in [-0.4, -0.2) is 58.1 Å². The molecule has 0 bridgehead atoms. The molecule has 0 aliphatic rings. The van der Waals surface area contributed by atoms with E-state index in [-0.39, 0.29) is 18.9 Å². The molecule has 38 heavy (non-hydrogen) atoms. The van der Waals surface area contributed by atoms with Gasteiger partial charge in [-0.1, -0.05) is 54.1 Å². The number of anilines is 1. The van der Waals surface area contributed by atoms with Crippen LogP contribution in [0.25, 0.3) is 0 Å². The number of halogens is 1. The molecule has 0 spiro atoms. The molecular formula is C28H32ClN3O5S. The fourth-order valence-corrected chi connectivity index (χ4v) is 5.32. The number of benzene rings is 3. The van der Waals surface area contributed by atoms with Crippen LogP contribution in [0.4, 0.5) is 5.69 Å². The molecule has 0 aliphatic heterocycles. The summed E-state index contributed by atoms with van der Waals surface area (Å²) in [5.41, 5.74) is 2.53. The van der Waals surface area contributed by atoms with E-state index in [1.54, 1.807) is 50.4 Å². The van der Waals surface area contributed by atoms with Crippen molar-refractivity contribution in [2.24, 2.45) is 0 Å². The minimum atomic E-state index is -3.85. The first-order valence-electron chi connectivity index (χ1n) is 11.9. The number of methoxy groups -OCH3 is 1. The Hall–Kier alpha value is -3.56. The second-order valence-corrected chi connectivity index (χ2v) is 11.2. The Balaban J connectivity index is 2.05. The van der Waals surface area contributed by atoms with Crippen molar-refractivity contribution in [2.45, 2.75) is 25.9 Å². The number of aryl methyl sites for hydroxylation is 1. The van der Waals surface area contributed by atoms with E-state index >= 15 is 0 Å². The van der Waals surface area contributed by atoms with Gasteiger partial charge in [0.1, 0.15) is 18.3 Å². The molecule has 0 unspecified atom stereocenters. The number of amides is 2. The van der Waals surface area contributed by atoms with Gasteiger partial charge in [0.05, 0.1) is 19.1 Å². The third-order valence-electron chi connectivity index (χ3n) is 6.11. The molecule has 0 aliphatic carbocycles. The number of nitrogens with one attached hydrogen (secondary N) is 1. The smallest absolute Gasteiger partial charge is 0.244 e. The SMILES string of the molecule is CNC(=O)[C@H](Cc1ccccc1)N(Cc1cccc(OC)c1)C(=O)CN(c1ccc(Cl)cc1C)S(C)(=O)=O. The zero-order valence-corrected chi connectivity index (χ0v) is 23.4. The first-order valence-corrected chi connectivity index (χ1v) is 14.2. The van der Waals surface area contributed by atoms with E-state index in [1.165, 1.54) is 11.9 Å². The fourth-order valence-electron chi connectivity index (χ4n) is 4.18. The van der Waals surface area contributed by atoms with Gasteiger partial charge in [0.15, 0.2) is 0 Å². The zero-order chi connectivity index (χ0) is 27.9. The topological polar surface area (TPSA) is 96.0 Å². The van der Waals surface area contributed by atoms with Gasteiger partial charge in [0.2, 0.25) is 21.8 Å². The van der Waals surface area contributed by atoms with Gasteiger partial charge in [-0.25, -0.2) is 8.42 Å². The van der Waals surface area contributed by atoms with Gasteiger partial charge in [0.25, 0.3) is 0 Å². The lowest BCUT2D eigenvalue weighted by Gasteiger charge is -2.33. The number of hydrogen-bond donors (Lipinski definition) is 1. The molecule has 202 valence electrons. The van der Waals surface area contributed by atoms with Crippen LogP contribution < -0.4 is 14.4 Å². The normalized spacial score (nSPS) is 11.9. The van der Waals surface area contributed by atoms with E-state index in [1.807, 2.05) is 36.4 Å². The highest BCUT2D eigenvalue weighted by molar-refractivity contribution is 7.92. The number of sulfonamides is 1. The number of carbonyl (C=O) groups excluding carboxylic acids is 2. The highest BCUT2D eigenvalue weighted by atomic mass is 35.5. The average molecular weight is 558 g/mol. The third kappa shape index (κ3) is 7.49. The van der Waals surface area contributed by atoms with E-state index < -0.39 is 28.5 Å². The Bertz CT molecular complexity index is 1380. The van der Waals surface area contributed by atoms with Crippen molar-refractivity contribution < 1.29 is 22.7 Å². The maximum Gasteiger partial charge on any atom is 0.244 e. The molecular weight excluding hydrogens is 526 g/mol. The number of likely N-dealkylation sites (N-methyl/N-ethyl adjacent to an activating group) is 1. The molecule has 2 amide bonds. The van der Waals surface area contributed by atoms with E-state index in [0.717, 1.165) is 21.7 Å². The molecule has 3 aromatic rings. The van der Waals surface area contributed by atoms with Crippen LogP contribution in [0.5, 0.6) is 5.75 Å². The Morgan fingerprint density at radius 2 is 1.68 bits per heavy atom. The molecule has 1 N–H and O–H groups in total. The zero-order valence-electron chi connectivity index (χ0n) is 21.8. The number of rotatable bonds is 11. The number of nitrogens with zero attached hydrogens (tertiary/aromatic N) is 2. The van der Waals surface area contributed by atoms with Crippen molar-refractivity contribution in [2.75, 3.05) is 31.3 Å². The van der Waals surface area contributed by atoms with Gasteiger partial charge in [-0.15, -0.1) is 0 Å². The second kappa shape index (κ2) is 12.8. The average Bonchev–Trinajstić information content (AvgIpc) is 2.89. The van der Waals surface area contributed by atoms with Gasteiger partial charge in [0, 0.05) is 25.0 Å². The maximum atomic E-state index is 13.9. The molecule has 10 heteroatoms. The summed E-state index contributed by atoms with van der Waals surface area (Å²) in [6, 6.07) is 20.4. The standard InChI is InChI=1S/C28H32ClN3O5S/c1-20-15-23(29)13-14-25(20)32(38(4,35)36)19-27(33)31(18-22-11-8-12-24(16-22)37-3)26(28(34)30-2)17-21-9-6-5-7-10-21/h5-16,26H,17-19H2,1-4H3,(H,30,34)/t26-/m0/s1. The van der Waals surface area contributed by atoms with E-state index in [2.05, 4.69) is 5.32 Å². The van der Waals surface area contributed by atoms with Crippen molar-refractivity contribution >= 4 is 39.1 Å². The molecule has 0 aromatic heterocycles. The van der Waals surface area contributed by atoms with E-state index in [4.69, 9.17) is 16.3 Å². The van der Waals surface area contributed by atoms with Crippen molar-refractivity contribution in [1.29, 1.82) is 0 Å². The van der Waals surface area contributed by atoms with E-state index in [9.17, 15) is 18.0 Å². The minimum Gasteiger partial charge on any atom is -0.497 e. The van der Waals surface area contributed by atoms with Crippen molar-refractivity contribution in [3.05, 3.63) is 94.5 Å². The summed E-state index contributed by atoms with van der Waals surface area (Å²) in [4.78, 5) is 28.5. The summed E-state index contributed by atoms with van der Waals surface area (Å²) < 4.78 is 32.1. The second-order valence-electron chi connectivity index (χ2n) is 8.89. The lowest BCUT2D eigenvalue weighted by molar-refractivity contribution is -0.139. The molecule has 0 saturated carbocycles. The van der Waals surface area contributed by atoms with Gasteiger partial charge in [-0.05, 0) is 53.9 Å². The molecule has 8 nitrogen and oxygen atoms in total. The van der Waals surface area contributed by atoms with Crippen LogP contribution in [0.2, 0.25) is 5.02 Å². The Morgan fingerprint density at radius 3 is 2.29 bits per heavy atom. The first kappa shape index (κ1) is 29.0. The van der Waals surface area contributed by atoms with Crippen LogP contribution in [-0.2, 0) is 32.6 Å². The highest BCUT2D eigenvalue weighted by Gasteiger charge is 2.33. The van der Waals surface area contributed by atoms with Crippen molar-refractivity contribution in [3.8, 4) is 5.75 Å². The van der Waals surface area contributed by atoms with Crippen LogP contribution >= 0.6 is 11.6 Å². The number of hydrogen-bond acceptors (Lipinski definition) is 5. The fraction of sp³-hybridized carbons (Fsp3) is 0.286. The van der Waals surface area contributed by atoms with Gasteiger partial charge in [-0.2, -0.15) is 0 Å². The maximum absolute atomic E-state index is 13.9. The molecule has 0 fully saturated rings. The largest absolute Gasteiger partial charge is 0.497 e. The summed E-state index contributed by atoms with van der Waals surface area (Å²) in [5, 5.41) is 3.11. The molecule has 3 rings (SSSR count). The summed E-state index contributed by atoms with van der Waals surface area (Å²) in [6.07, 6.45) is 1.29. The summed E-state index contributed by atoms with van der Waals surface area (Å²) in [5.74, 6) is -0.292. The number of carbonyl (C=O) groups is 2. The van der Waals surface area contributed by atoms with Gasteiger partial charge >= 0.3 is 0 Å². The first-order chi connectivity index (χ1) is 18.0. The predicted octanol–water partition coefficient (Wildman–Crippen LogP) is 3.81. The summed E-state index contributed by atoms with van der Waals surface area (Å²) >= 11 is 6.08. The Labute approximate surface area is 229 Å².